The highest BCUT2D eigenvalue weighted by Gasteiger charge is 2.07. The van der Waals surface area contributed by atoms with Gasteiger partial charge < -0.3 is 5.32 Å². The summed E-state index contributed by atoms with van der Waals surface area (Å²) in [5.74, 6) is -0.636. The summed E-state index contributed by atoms with van der Waals surface area (Å²) in [6.07, 6.45) is 3.64. The van der Waals surface area contributed by atoms with Crippen LogP contribution in [0.15, 0.2) is 60.7 Å². The Labute approximate surface area is 131 Å². The molecule has 0 aliphatic rings. The van der Waals surface area contributed by atoms with Crippen molar-refractivity contribution in [2.75, 3.05) is 16.8 Å². The van der Waals surface area contributed by atoms with Crippen molar-refractivity contribution in [2.45, 2.75) is 0 Å². The van der Waals surface area contributed by atoms with Crippen molar-refractivity contribution in [3.63, 3.8) is 0 Å². The number of carbonyl (C=O) groups is 1. The molecule has 114 valence electrons. The van der Waals surface area contributed by atoms with E-state index in [1.54, 1.807) is 12.1 Å². The van der Waals surface area contributed by atoms with Crippen LogP contribution in [0.25, 0.3) is 6.08 Å². The molecule has 22 heavy (non-hydrogen) atoms. The number of hydrogen-bond donors (Lipinski definition) is 1. The van der Waals surface area contributed by atoms with Crippen molar-refractivity contribution in [3.05, 3.63) is 72.1 Å². The van der Waals surface area contributed by atoms with Gasteiger partial charge in [-0.05, 0) is 23.8 Å². The van der Waals surface area contributed by atoms with Crippen LogP contribution in [0.4, 0.5) is 10.1 Å². The fourth-order valence-corrected chi connectivity index (χ4v) is 2.62. The molecule has 2 rings (SSSR count). The van der Waals surface area contributed by atoms with E-state index in [-0.39, 0.29) is 5.75 Å². The normalized spacial score (nSPS) is 12.2. The Balaban J connectivity index is 1.79. The van der Waals surface area contributed by atoms with Crippen molar-refractivity contribution in [3.8, 4) is 0 Å². The Morgan fingerprint density at radius 3 is 2.64 bits per heavy atom. The molecule has 1 atom stereocenters. The second-order valence-corrected chi connectivity index (χ2v) is 6.12. The van der Waals surface area contributed by atoms with E-state index >= 15 is 0 Å². The summed E-state index contributed by atoms with van der Waals surface area (Å²) in [7, 11) is -1.30. The molecule has 1 amide bonds. The molecule has 5 heteroatoms. The van der Waals surface area contributed by atoms with Crippen LogP contribution in [-0.4, -0.2) is 21.6 Å². The maximum Gasteiger partial charge on any atom is 0.237 e. The van der Waals surface area contributed by atoms with Gasteiger partial charge in [0.25, 0.3) is 0 Å². The van der Waals surface area contributed by atoms with Crippen molar-refractivity contribution in [1.29, 1.82) is 0 Å². The predicted octanol–water partition coefficient (Wildman–Crippen LogP) is 3.23. The lowest BCUT2D eigenvalue weighted by Crippen LogP contribution is -2.20. The summed E-state index contributed by atoms with van der Waals surface area (Å²) in [6.45, 7) is 0. The molecule has 1 N–H and O–H groups in total. The van der Waals surface area contributed by atoms with Crippen LogP contribution < -0.4 is 5.32 Å². The molecule has 0 radical (unpaired) electrons. The van der Waals surface area contributed by atoms with Gasteiger partial charge in [-0.3, -0.25) is 9.00 Å². The Morgan fingerprint density at radius 2 is 1.91 bits per heavy atom. The third-order valence-electron chi connectivity index (χ3n) is 2.79. The van der Waals surface area contributed by atoms with Crippen molar-refractivity contribution < 1.29 is 13.4 Å². The number of amides is 1. The molecule has 2 aromatic rings. The van der Waals surface area contributed by atoms with Crippen LogP contribution in [0.3, 0.4) is 0 Å². The maximum atomic E-state index is 13.0. The minimum Gasteiger partial charge on any atom is -0.325 e. The fourth-order valence-electron chi connectivity index (χ4n) is 1.82. The molecule has 0 spiro atoms. The third-order valence-corrected chi connectivity index (χ3v) is 3.94. The molecular formula is C17H16FNO2S. The van der Waals surface area contributed by atoms with Crippen LogP contribution in [-0.2, 0) is 15.6 Å². The maximum absolute atomic E-state index is 13.0. The molecule has 0 saturated heterocycles. The summed E-state index contributed by atoms with van der Waals surface area (Å²) < 4.78 is 24.8. The van der Waals surface area contributed by atoms with E-state index in [0.717, 1.165) is 5.56 Å². The second kappa shape index (κ2) is 8.24. The van der Waals surface area contributed by atoms with Crippen molar-refractivity contribution in [1.82, 2.24) is 0 Å². The average molecular weight is 317 g/mol. The molecule has 0 aliphatic carbocycles. The van der Waals surface area contributed by atoms with Crippen LogP contribution >= 0.6 is 0 Å². The lowest BCUT2D eigenvalue weighted by atomic mass is 10.2. The highest BCUT2D eigenvalue weighted by Crippen LogP contribution is 2.09. The molecule has 0 aliphatic heterocycles. The number of hydrogen-bond acceptors (Lipinski definition) is 2. The van der Waals surface area contributed by atoms with Gasteiger partial charge in [0.2, 0.25) is 5.91 Å². The van der Waals surface area contributed by atoms with E-state index in [1.165, 1.54) is 18.2 Å². The summed E-state index contributed by atoms with van der Waals surface area (Å²) in [5.41, 5.74) is 1.38. The van der Waals surface area contributed by atoms with Gasteiger partial charge in [0.1, 0.15) is 11.6 Å². The third kappa shape index (κ3) is 5.61. The second-order valence-electron chi connectivity index (χ2n) is 4.62. The zero-order chi connectivity index (χ0) is 15.8. The number of carbonyl (C=O) groups excluding carboxylic acids is 1. The van der Waals surface area contributed by atoms with Gasteiger partial charge in [0, 0.05) is 22.2 Å². The molecule has 0 aromatic heterocycles. The van der Waals surface area contributed by atoms with Crippen molar-refractivity contribution >= 4 is 28.5 Å². The number of benzene rings is 2. The first-order valence-corrected chi connectivity index (χ1v) is 8.24. The minimum absolute atomic E-state index is 0.115. The van der Waals surface area contributed by atoms with E-state index in [1.807, 2.05) is 36.4 Å². The first-order valence-electron chi connectivity index (χ1n) is 6.75. The molecule has 0 saturated carbocycles. The van der Waals surface area contributed by atoms with Gasteiger partial charge in [0.15, 0.2) is 0 Å². The van der Waals surface area contributed by atoms with E-state index < -0.39 is 22.5 Å². The highest BCUT2D eigenvalue weighted by atomic mass is 32.2. The van der Waals surface area contributed by atoms with Crippen LogP contribution in [0.5, 0.6) is 0 Å². The summed E-state index contributed by atoms with van der Waals surface area (Å²) in [4.78, 5) is 11.7. The largest absolute Gasteiger partial charge is 0.325 e. The van der Waals surface area contributed by atoms with Gasteiger partial charge in [-0.2, -0.15) is 0 Å². The smallest absolute Gasteiger partial charge is 0.237 e. The van der Waals surface area contributed by atoms with Gasteiger partial charge in [0.05, 0.1) is 0 Å². The summed E-state index contributed by atoms with van der Waals surface area (Å²) >= 11 is 0. The minimum atomic E-state index is -1.30. The lowest BCUT2D eigenvalue weighted by Gasteiger charge is -2.04. The quantitative estimate of drug-likeness (QED) is 0.889. The molecule has 0 heterocycles. The predicted molar refractivity (Wildman–Crippen MR) is 88.4 cm³/mol. The zero-order valence-electron chi connectivity index (χ0n) is 11.9. The zero-order valence-corrected chi connectivity index (χ0v) is 12.7. The summed E-state index contributed by atoms with van der Waals surface area (Å²) in [6, 6.07) is 15.2. The number of rotatable bonds is 6. The van der Waals surface area contributed by atoms with Gasteiger partial charge in [-0.1, -0.05) is 48.6 Å². The van der Waals surface area contributed by atoms with Gasteiger partial charge >= 0.3 is 0 Å². The molecular weight excluding hydrogens is 301 g/mol. The Bertz CT molecular complexity index is 686. The van der Waals surface area contributed by atoms with E-state index in [4.69, 9.17) is 0 Å². The number of anilines is 1. The number of nitrogens with one attached hydrogen (secondary N) is 1. The number of halogens is 1. The van der Waals surface area contributed by atoms with Crippen LogP contribution in [0.1, 0.15) is 5.56 Å². The molecule has 0 fully saturated rings. The molecule has 2 aromatic carbocycles. The van der Waals surface area contributed by atoms with Gasteiger partial charge in [-0.15, -0.1) is 0 Å². The first kappa shape index (κ1) is 16.1. The van der Waals surface area contributed by atoms with Crippen LogP contribution in [0, 0.1) is 5.82 Å². The lowest BCUT2D eigenvalue weighted by molar-refractivity contribution is -0.113. The van der Waals surface area contributed by atoms with Gasteiger partial charge in [-0.25, -0.2) is 4.39 Å². The topological polar surface area (TPSA) is 46.2 Å². The highest BCUT2D eigenvalue weighted by molar-refractivity contribution is 7.85. The average Bonchev–Trinajstić information content (AvgIpc) is 2.48. The van der Waals surface area contributed by atoms with E-state index in [2.05, 4.69) is 5.32 Å². The van der Waals surface area contributed by atoms with E-state index in [9.17, 15) is 13.4 Å². The first-order chi connectivity index (χ1) is 10.6. The van der Waals surface area contributed by atoms with E-state index in [0.29, 0.717) is 11.4 Å². The Hall–Kier alpha value is -2.27. The van der Waals surface area contributed by atoms with Crippen LogP contribution in [0.2, 0.25) is 0 Å². The standard InChI is InChI=1S/C17H16FNO2S/c18-15-9-4-10-16(12-15)19-17(20)13-22(21)11-5-8-14-6-2-1-3-7-14/h1-10,12H,11,13H2,(H,19,20)/b8-5-/t22-/m0/s1. The SMILES string of the molecule is O=C(C[S@@](=O)C/C=C\c1ccccc1)Nc1cccc(F)c1. The Morgan fingerprint density at radius 1 is 1.14 bits per heavy atom. The Kier molecular flexibility index (Phi) is 6.03. The molecule has 0 unspecified atom stereocenters. The molecule has 3 nitrogen and oxygen atoms in total. The monoisotopic (exact) mass is 317 g/mol. The fraction of sp³-hybridized carbons (Fsp3) is 0.118. The van der Waals surface area contributed by atoms with Crippen molar-refractivity contribution in [2.24, 2.45) is 0 Å². The molecule has 0 bridgehead atoms. The summed E-state index contributed by atoms with van der Waals surface area (Å²) in [5, 5.41) is 2.53.